The third kappa shape index (κ3) is 30.5. The van der Waals surface area contributed by atoms with Crippen molar-refractivity contribution in [2.45, 2.75) is 193 Å². The minimum absolute atomic E-state index is 0.0601. The van der Waals surface area contributed by atoms with E-state index in [0.717, 1.165) is 17.8 Å². The molecule has 9 heteroatoms. The number of carbonyl (C=O) groups is 3. The lowest BCUT2D eigenvalue weighted by Gasteiger charge is -2.27. The fourth-order valence-electron chi connectivity index (χ4n) is 6.38. The number of carbonyl (C=O) groups excluding carboxylic acids is 3. The van der Waals surface area contributed by atoms with Gasteiger partial charge in [-0.3, -0.25) is 9.59 Å². The van der Waals surface area contributed by atoms with Crippen molar-refractivity contribution in [1.29, 1.82) is 0 Å². The maximum atomic E-state index is 12.2. The highest BCUT2D eigenvalue weighted by atomic mass is 16.6. The Balaban J connectivity index is -0.000000210. The highest BCUT2D eigenvalue weighted by Gasteiger charge is 2.41. The number of cyclic esters (lactones) is 1. The summed E-state index contributed by atoms with van der Waals surface area (Å²) < 4.78 is 9.81. The summed E-state index contributed by atoms with van der Waals surface area (Å²) in [4.78, 5) is 43.9. The van der Waals surface area contributed by atoms with Crippen molar-refractivity contribution < 1.29 is 33.5 Å². The van der Waals surface area contributed by atoms with Gasteiger partial charge >= 0.3 is 5.97 Å². The van der Waals surface area contributed by atoms with E-state index in [1.165, 1.54) is 18.3 Å². The molecule has 0 aromatic heterocycles. The number of hydrogen-bond donors (Lipinski definition) is 0. The molecule has 0 bridgehead atoms. The van der Waals surface area contributed by atoms with E-state index in [1.807, 2.05) is 69.2 Å². The van der Waals surface area contributed by atoms with Crippen LogP contribution in [0.4, 0.5) is 0 Å². The van der Waals surface area contributed by atoms with Gasteiger partial charge in [-0.2, -0.15) is 0 Å². The summed E-state index contributed by atoms with van der Waals surface area (Å²) in [6.07, 6.45) is 1.02. The Bertz CT molecular complexity index is 1350. The second-order valence-corrected chi connectivity index (χ2v) is 19.8. The molecular weight excluding hydrogens is 765 g/mol. The molecule has 1 heterocycles. The summed E-state index contributed by atoms with van der Waals surface area (Å²) in [5, 5.41) is 7.44. The van der Waals surface area contributed by atoms with E-state index in [4.69, 9.17) is 9.47 Å². The van der Waals surface area contributed by atoms with Crippen LogP contribution in [0.1, 0.15) is 193 Å². The quantitative estimate of drug-likeness (QED) is 0.0529. The van der Waals surface area contributed by atoms with Gasteiger partial charge in [-0.1, -0.05) is 157 Å². The normalized spacial score (nSPS) is 12.5. The molecule has 0 amide bonds. The zero-order valence-corrected chi connectivity index (χ0v) is 45.4. The van der Waals surface area contributed by atoms with Gasteiger partial charge in [-0.05, 0) is 110 Å². The van der Waals surface area contributed by atoms with Gasteiger partial charge in [-0.25, -0.2) is 4.79 Å². The van der Waals surface area contributed by atoms with Gasteiger partial charge in [0.15, 0.2) is 11.5 Å². The minimum atomic E-state index is -0.595. The second kappa shape index (κ2) is 34.3. The number of ether oxygens (including phenoxy) is 2. The molecule has 0 spiro atoms. The molecule has 0 saturated carbocycles. The van der Waals surface area contributed by atoms with Crippen molar-refractivity contribution in [3.8, 4) is 0 Å². The van der Waals surface area contributed by atoms with Gasteiger partial charge < -0.3 is 19.1 Å². The van der Waals surface area contributed by atoms with Crippen molar-refractivity contribution >= 4 is 29.0 Å². The minimum Gasteiger partial charge on any atom is -0.496 e. The van der Waals surface area contributed by atoms with Crippen molar-refractivity contribution in [2.24, 2.45) is 62.6 Å². The van der Waals surface area contributed by atoms with E-state index >= 15 is 0 Å². The number of methoxy groups -OCH3 is 1. The zero-order chi connectivity index (χ0) is 49.8. The van der Waals surface area contributed by atoms with E-state index in [0.29, 0.717) is 47.9 Å². The SMILES string of the molecule is CC(=O)C(C)(C)C(C)C.CC(C)=C(C(C)C)C(C)C.CC(C)=C(C(C)C)C(C)C.CCON=C(C)C.COC1=C(C(=O)C(C)(C)C(C)C)C(=O)OC1.CON=C(C)CC(C)C. The van der Waals surface area contributed by atoms with Gasteiger partial charge in [-0.15, -0.1) is 0 Å². The van der Waals surface area contributed by atoms with Crippen molar-refractivity contribution in [1.82, 2.24) is 0 Å². The first-order valence-electron chi connectivity index (χ1n) is 22.6. The second-order valence-electron chi connectivity index (χ2n) is 19.8. The van der Waals surface area contributed by atoms with Gasteiger partial charge in [0, 0.05) is 10.8 Å². The molecule has 0 N–H and O–H groups in total. The monoisotopic (exact) mass is 865 g/mol. The van der Waals surface area contributed by atoms with Crippen molar-refractivity contribution in [2.75, 3.05) is 27.4 Å². The number of rotatable bonds is 15. The first kappa shape index (κ1) is 66.9. The smallest absolute Gasteiger partial charge is 0.345 e. The molecule has 0 unspecified atom stereocenters. The van der Waals surface area contributed by atoms with Crippen LogP contribution in [0.5, 0.6) is 0 Å². The van der Waals surface area contributed by atoms with Crippen LogP contribution in [0, 0.1) is 52.3 Å². The fraction of sp³-hybridized carbons (Fsp3) is 0.788. The molecule has 0 atom stereocenters. The molecule has 0 saturated heterocycles. The number of Topliss-reactive ketones (excluding diaryl/α,β-unsaturated/α-hetero) is 2. The molecule has 1 rings (SSSR count). The number of nitrogens with zero attached hydrogens (tertiary/aromatic N) is 2. The van der Waals surface area contributed by atoms with Crippen LogP contribution in [-0.4, -0.2) is 56.4 Å². The molecule has 0 aromatic carbocycles. The Kier molecular flexibility index (Phi) is 37.6. The predicted octanol–water partition coefficient (Wildman–Crippen LogP) is 14.7. The van der Waals surface area contributed by atoms with E-state index in [9.17, 15) is 14.4 Å². The van der Waals surface area contributed by atoms with E-state index in [-0.39, 0.29) is 35.1 Å². The van der Waals surface area contributed by atoms with Gasteiger partial charge in [0.2, 0.25) is 0 Å². The van der Waals surface area contributed by atoms with Crippen molar-refractivity contribution in [3.63, 3.8) is 0 Å². The Morgan fingerprint density at radius 2 is 1.02 bits per heavy atom. The molecule has 0 radical (unpaired) electrons. The molecule has 1 aliphatic rings. The standard InChI is InChI=1S/C12H18O4.2C10H20.C8H16O.C7H15NO.C5H11NO/c1-7(2)12(3,4)10(13)9-8(15-5)6-16-11(9)14;2*1-7(2)10(8(3)4)9(5)6;1-6(2)8(4,5)7(3)9;1-6(2)5-7(3)8-9-4;1-4-7-6-5(2)3/h7H,6H2,1-5H3;2*7-8H,1-6H3;6H,1-5H3;6H,5H2,1-4H3;4H2,1-3H3. The van der Waals surface area contributed by atoms with Crippen LogP contribution in [0.25, 0.3) is 0 Å². The van der Waals surface area contributed by atoms with Crippen LogP contribution in [0.2, 0.25) is 0 Å². The van der Waals surface area contributed by atoms with Crippen LogP contribution >= 0.6 is 0 Å². The molecular formula is C52H100N2O7. The van der Waals surface area contributed by atoms with Gasteiger partial charge in [0.1, 0.15) is 31.7 Å². The topological polar surface area (TPSA) is 113 Å². The first-order valence-corrected chi connectivity index (χ1v) is 22.6. The Hall–Kier alpha value is -3.23. The molecule has 61 heavy (non-hydrogen) atoms. The third-order valence-corrected chi connectivity index (χ3v) is 10.6. The summed E-state index contributed by atoms with van der Waals surface area (Å²) in [6.45, 7) is 57.0. The highest BCUT2D eigenvalue weighted by Crippen LogP contribution is 2.33. The zero-order valence-electron chi connectivity index (χ0n) is 45.4. The van der Waals surface area contributed by atoms with Crippen LogP contribution in [0.3, 0.4) is 0 Å². The summed E-state index contributed by atoms with van der Waals surface area (Å²) in [5.41, 5.74) is 7.56. The average molecular weight is 865 g/mol. The molecule has 0 fully saturated rings. The fourth-order valence-corrected chi connectivity index (χ4v) is 6.38. The lowest BCUT2D eigenvalue weighted by atomic mass is 9.75. The Morgan fingerprint density at radius 1 is 0.639 bits per heavy atom. The summed E-state index contributed by atoms with van der Waals surface area (Å²) in [6, 6.07) is 0. The van der Waals surface area contributed by atoms with Crippen LogP contribution < -0.4 is 0 Å². The number of oxime groups is 2. The molecule has 0 aliphatic carbocycles. The number of allylic oxidation sites excluding steroid dienone is 4. The molecule has 9 nitrogen and oxygen atoms in total. The van der Waals surface area contributed by atoms with E-state index in [2.05, 4.69) is 131 Å². The Morgan fingerprint density at radius 3 is 1.20 bits per heavy atom. The molecule has 360 valence electrons. The summed E-state index contributed by atoms with van der Waals surface area (Å²) in [5.74, 6) is 3.93. The van der Waals surface area contributed by atoms with Crippen molar-refractivity contribution in [3.05, 3.63) is 33.6 Å². The van der Waals surface area contributed by atoms with Crippen LogP contribution in [-0.2, 0) is 33.5 Å². The maximum absolute atomic E-state index is 12.2. The van der Waals surface area contributed by atoms with Gasteiger partial charge in [0.05, 0.1) is 18.5 Å². The average Bonchev–Trinajstić information content (AvgIpc) is 3.46. The number of esters is 1. The predicted molar refractivity (Wildman–Crippen MR) is 264 cm³/mol. The summed E-state index contributed by atoms with van der Waals surface area (Å²) in [7, 11) is 3.01. The third-order valence-electron chi connectivity index (χ3n) is 10.6. The highest BCUT2D eigenvalue weighted by molar-refractivity contribution is 6.20. The summed E-state index contributed by atoms with van der Waals surface area (Å²) >= 11 is 0. The van der Waals surface area contributed by atoms with E-state index in [1.54, 1.807) is 25.2 Å². The lowest BCUT2D eigenvalue weighted by molar-refractivity contribution is -0.139. The molecule has 0 aromatic rings. The van der Waals surface area contributed by atoms with Gasteiger partial charge in [0.25, 0.3) is 0 Å². The number of hydrogen-bond acceptors (Lipinski definition) is 9. The first-order chi connectivity index (χ1) is 27.6. The lowest BCUT2D eigenvalue weighted by Crippen LogP contribution is -2.33. The van der Waals surface area contributed by atoms with E-state index < -0.39 is 11.4 Å². The number of ketones is 2. The largest absolute Gasteiger partial charge is 0.496 e. The maximum Gasteiger partial charge on any atom is 0.345 e. The Labute approximate surface area is 378 Å². The van der Waals surface area contributed by atoms with Crippen LogP contribution in [0.15, 0.2) is 43.9 Å². The molecule has 1 aliphatic heterocycles.